The normalized spacial score (nSPS) is 10.8. The average molecular weight is 677 g/mol. The van der Waals surface area contributed by atoms with E-state index in [1.807, 2.05) is 141 Å². The van der Waals surface area contributed by atoms with Crippen molar-refractivity contribution in [3.63, 3.8) is 0 Å². The van der Waals surface area contributed by atoms with Crippen LogP contribution in [0.5, 0.6) is 23.0 Å². The first-order valence-corrected chi connectivity index (χ1v) is 17.4. The van der Waals surface area contributed by atoms with Gasteiger partial charge in [0, 0.05) is 30.0 Å². The van der Waals surface area contributed by atoms with Gasteiger partial charge >= 0.3 is 0 Å². The van der Waals surface area contributed by atoms with Crippen LogP contribution in [0.2, 0.25) is 0 Å². The van der Waals surface area contributed by atoms with Gasteiger partial charge in [-0.15, -0.1) is 0 Å². The Kier molecular flexibility index (Phi) is 11.8. The van der Waals surface area contributed by atoms with E-state index in [0.29, 0.717) is 37.9 Å². The van der Waals surface area contributed by atoms with Crippen LogP contribution in [0.4, 0.5) is 0 Å². The highest BCUT2D eigenvalue weighted by molar-refractivity contribution is 5.85. The van der Waals surface area contributed by atoms with E-state index in [-0.39, 0.29) is 18.6 Å². The first kappa shape index (κ1) is 35.0. The molecule has 258 valence electrons. The van der Waals surface area contributed by atoms with Crippen LogP contribution >= 0.6 is 0 Å². The molecule has 0 aliphatic carbocycles. The van der Waals surface area contributed by atoms with Gasteiger partial charge in [0.05, 0.1) is 0 Å². The largest absolute Gasteiger partial charge is 0.489 e. The van der Waals surface area contributed by atoms with Crippen molar-refractivity contribution in [3.05, 3.63) is 190 Å². The zero-order chi connectivity index (χ0) is 35.4. The zero-order valence-corrected chi connectivity index (χ0v) is 29.6. The van der Waals surface area contributed by atoms with Crippen LogP contribution < -0.4 is 18.9 Å². The molecule has 5 heteroatoms. The van der Waals surface area contributed by atoms with Gasteiger partial charge in [0.25, 0.3) is 0 Å². The molecule has 0 aromatic heterocycles. The van der Waals surface area contributed by atoms with Crippen LogP contribution in [0.15, 0.2) is 140 Å². The fourth-order valence-electron chi connectivity index (χ4n) is 6.09. The molecule has 6 aromatic rings. The minimum Gasteiger partial charge on any atom is -0.489 e. The predicted molar refractivity (Wildman–Crippen MR) is 203 cm³/mol. The number of benzene rings is 6. The SMILES string of the molecule is Cc1c(C)c(OCc2ccccc2)c(CC(=O)Cc2ccc(OCc3ccccc3)cc2OCc2ccccc2)c(C)c1OCc1ccccc1. The number of hydrogen-bond acceptors (Lipinski definition) is 5. The quantitative estimate of drug-likeness (QED) is 0.102. The summed E-state index contributed by atoms with van der Waals surface area (Å²) in [6, 6.07) is 46.0. The summed E-state index contributed by atoms with van der Waals surface area (Å²) in [5, 5.41) is 0. The van der Waals surface area contributed by atoms with Crippen LogP contribution in [0, 0.1) is 20.8 Å². The number of Topliss-reactive ketones (excluding diaryl/α,β-unsaturated/α-hetero) is 1. The summed E-state index contributed by atoms with van der Waals surface area (Å²) in [5.41, 5.74) is 8.78. The molecule has 6 rings (SSSR count). The van der Waals surface area contributed by atoms with E-state index in [1.165, 1.54) is 0 Å². The van der Waals surface area contributed by atoms with Gasteiger partial charge in [0.2, 0.25) is 0 Å². The molecule has 0 bridgehead atoms. The third kappa shape index (κ3) is 9.46. The Morgan fingerprint density at radius 1 is 0.451 bits per heavy atom. The zero-order valence-electron chi connectivity index (χ0n) is 29.6. The lowest BCUT2D eigenvalue weighted by molar-refractivity contribution is -0.117. The Bertz CT molecular complexity index is 2020. The lowest BCUT2D eigenvalue weighted by Gasteiger charge is -2.23. The van der Waals surface area contributed by atoms with Gasteiger partial charge in [-0.2, -0.15) is 0 Å². The second kappa shape index (κ2) is 17.2. The van der Waals surface area contributed by atoms with Crippen LogP contribution in [-0.4, -0.2) is 5.78 Å². The number of ether oxygens (including phenoxy) is 4. The molecular formula is C46H44O5. The van der Waals surface area contributed by atoms with E-state index in [0.717, 1.165) is 61.6 Å². The molecule has 0 saturated heterocycles. The van der Waals surface area contributed by atoms with E-state index in [1.54, 1.807) is 0 Å². The molecule has 6 aromatic carbocycles. The predicted octanol–water partition coefficient (Wildman–Crippen LogP) is 10.3. The molecule has 0 aliphatic heterocycles. The second-order valence-corrected chi connectivity index (χ2v) is 12.8. The molecule has 0 atom stereocenters. The fourth-order valence-corrected chi connectivity index (χ4v) is 6.09. The molecule has 0 radical (unpaired) electrons. The highest BCUT2D eigenvalue weighted by Gasteiger charge is 2.23. The third-order valence-electron chi connectivity index (χ3n) is 9.05. The summed E-state index contributed by atoms with van der Waals surface area (Å²) in [6.07, 6.45) is 0.372. The maximum atomic E-state index is 14.1. The van der Waals surface area contributed by atoms with Gasteiger partial charge in [0.1, 0.15) is 55.2 Å². The summed E-state index contributed by atoms with van der Waals surface area (Å²) in [7, 11) is 0. The molecular weight excluding hydrogens is 633 g/mol. The number of carbonyl (C=O) groups excluding carboxylic acids is 1. The van der Waals surface area contributed by atoms with Crippen molar-refractivity contribution < 1.29 is 23.7 Å². The van der Waals surface area contributed by atoms with Gasteiger partial charge < -0.3 is 18.9 Å². The highest BCUT2D eigenvalue weighted by atomic mass is 16.5. The fraction of sp³-hybridized carbons (Fsp3) is 0.196. The molecule has 0 fully saturated rings. The lowest BCUT2D eigenvalue weighted by atomic mass is 9.92. The molecule has 0 heterocycles. The molecule has 0 N–H and O–H groups in total. The Balaban J connectivity index is 1.27. The van der Waals surface area contributed by atoms with Crippen molar-refractivity contribution in [2.75, 3.05) is 0 Å². The number of carbonyl (C=O) groups is 1. The average Bonchev–Trinajstić information content (AvgIpc) is 3.17. The van der Waals surface area contributed by atoms with Crippen molar-refractivity contribution in [2.24, 2.45) is 0 Å². The minimum atomic E-state index is 0.0439. The molecule has 0 saturated carbocycles. The smallest absolute Gasteiger partial charge is 0.141 e. The third-order valence-corrected chi connectivity index (χ3v) is 9.05. The van der Waals surface area contributed by atoms with E-state index < -0.39 is 0 Å². The van der Waals surface area contributed by atoms with E-state index in [2.05, 4.69) is 19.1 Å². The molecule has 5 nitrogen and oxygen atoms in total. The van der Waals surface area contributed by atoms with Gasteiger partial charge in [0.15, 0.2) is 0 Å². The summed E-state index contributed by atoms with van der Waals surface area (Å²) in [5.74, 6) is 2.88. The number of ketones is 1. The molecule has 0 amide bonds. The van der Waals surface area contributed by atoms with Gasteiger partial charge in [-0.25, -0.2) is 0 Å². The van der Waals surface area contributed by atoms with Crippen molar-refractivity contribution in [3.8, 4) is 23.0 Å². The van der Waals surface area contributed by atoms with Crippen molar-refractivity contribution in [1.82, 2.24) is 0 Å². The summed E-state index contributed by atoms with van der Waals surface area (Å²) in [4.78, 5) is 14.1. The number of hydrogen-bond donors (Lipinski definition) is 0. The maximum Gasteiger partial charge on any atom is 0.141 e. The second-order valence-electron chi connectivity index (χ2n) is 12.8. The van der Waals surface area contributed by atoms with Crippen LogP contribution in [0.1, 0.15) is 50.1 Å². The Morgan fingerprint density at radius 2 is 0.882 bits per heavy atom. The summed E-state index contributed by atoms with van der Waals surface area (Å²) < 4.78 is 25.5. The molecule has 0 aliphatic rings. The molecule has 0 spiro atoms. The van der Waals surface area contributed by atoms with Crippen molar-refractivity contribution >= 4 is 5.78 Å². The topological polar surface area (TPSA) is 54.0 Å². The van der Waals surface area contributed by atoms with Gasteiger partial charge in [-0.1, -0.05) is 127 Å². The first-order valence-electron chi connectivity index (χ1n) is 17.4. The van der Waals surface area contributed by atoms with E-state index >= 15 is 0 Å². The van der Waals surface area contributed by atoms with Crippen LogP contribution in [0.3, 0.4) is 0 Å². The Morgan fingerprint density at radius 3 is 1.39 bits per heavy atom. The van der Waals surface area contributed by atoms with E-state index in [9.17, 15) is 4.79 Å². The summed E-state index contributed by atoms with van der Waals surface area (Å²) >= 11 is 0. The highest BCUT2D eigenvalue weighted by Crippen LogP contribution is 2.39. The Labute approximate surface area is 301 Å². The standard InChI is InChI=1S/C46H44O5/c1-33-34(2)46(51-32-39-22-14-7-15-23-39)43(35(3)45(33)50-31-38-20-12-6-13-21-38)27-41(47)26-40-24-25-42(48-29-36-16-8-4-9-17-36)28-44(40)49-30-37-18-10-5-11-19-37/h4-25,28H,26-27,29-32H2,1-3H3. The monoisotopic (exact) mass is 676 g/mol. The molecule has 51 heavy (non-hydrogen) atoms. The van der Waals surface area contributed by atoms with E-state index in [4.69, 9.17) is 18.9 Å². The first-order chi connectivity index (χ1) is 24.9. The maximum absolute atomic E-state index is 14.1. The van der Waals surface area contributed by atoms with Gasteiger partial charge in [-0.3, -0.25) is 4.79 Å². The summed E-state index contributed by atoms with van der Waals surface area (Å²) in [6.45, 7) is 7.76. The Hall–Kier alpha value is -5.81. The van der Waals surface area contributed by atoms with Crippen LogP contribution in [-0.2, 0) is 44.1 Å². The van der Waals surface area contributed by atoms with Crippen molar-refractivity contribution in [1.29, 1.82) is 0 Å². The lowest BCUT2D eigenvalue weighted by Crippen LogP contribution is -2.13. The number of rotatable bonds is 16. The van der Waals surface area contributed by atoms with Gasteiger partial charge in [-0.05, 0) is 65.8 Å². The van der Waals surface area contributed by atoms with Crippen LogP contribution in [0.25, 0.3) is 0 Å². The minimum absolute atomic E-state index is 0.0439. The van der Waals surface area contributed by atoms with Crippen molar-refractivity contribution in [2.45, 2.75) is 60.0 Å². The molecule has 0 unspecified atom stereocenters.